The molecule has 0 fully saturated rings. The van der Waals surface area contributed by atoms with Crippen LogP contribution in [-0.4, -0.2) is 37.2 Å². The van der Waals surface area contributed by atoms with Gasteiger partial charge in [-0.1, -0.05) is 298 Å². The molecule has 0 aliphatic carbocycles. The lowest BCUT2D eigenvalue weighted by atomic mass is 10.0. The van der Waals surface area contributed by atoms with Crippen molar-refractivity contribution in [2.75, 3.05) is 13.2 Å². The predicted molar refractivity (Wildman–Crippen MR) is 353 cm³/mol. The molecular weight excluding hydrogens is 997 g/mol. The lowest BCUT2D eigenvalue weighted by Crippen LogP contribution is -2.30. The zero-order chi connectivity index (χ0) is 58.5. The van der Waals surface area contributed by atoms with Gasteiger partial charge in [0.25, 0.3) is 0 Å². The Labute approximate surface area is 502 Å². The second kappa shape index (κ2) is 68.8. The van der Waals surface area contributed by atoms with Gasteiger partial charge in [-0.2, -0.15) is 0 Å². The van der Waals surface area contributed by atoms with E-state index in [4.69, 9.17) is 14.2 Å². The molecule has 0 saturated heterocycles. The molecule has 0 heterocycles. The van der Waals surface area contributed by atoms with Gasteiger partial charge in [0.05, 0.1) is 0 Å². The smallest absolute Gasteiger partial charge is 0.306 e. The van der Waals surface area contributed by atoms with Crippen molar-refractivity contribution in [1.82, 2.24) is 0 Å². The van der Waals surface area contributed by atoms with E-state index in [1.54, 1.807) is 0 Å². The maximum absolute atomic E-state index is 12.9. The molecule has 1 unspecified atom stereocenters. The lowest BCUT2D eigenvalue weighted by molar-refractivity contribution is -0.167. The highest BCUT2D eigenvalue weighted by molar-refractivity contribution is 5.71. The van der Waals surface area contributed by atoms with E-state index in [0.717, 1.165) is 109 Å². The maximum atomic E-state index is 12.9. The van der Waals surface area contributed by atoms with Crippen molar-refractivity contribution < 1.29 is 28.6 Å². The summed E-state index contributed by atoms with van der Waals surface area (Å²) in [6.07, 6.45) is 93.0. The molecule has 0 aliphatic heterocycles. The first-order chi connectivity index (χ1) is 40.0. The number of ether oxygens (including phenoxy) is 3. The van der Waals surface area contributed by atoms with Gasteiger partial charge in [0.2, 0.25) is 0 Å². The van der Waals surface area contributed by atoms with Crippen LogP contribution in [0.3, 0.4) is 0 Å². The number of carbonyl (C=O) groups is 3. The Kier molecular flexibility index (Phi) is 65.7. The normalized spacial score (nSPS) is 12.7. The Bertz CT molecular complexity index is 1580. The topological polar surface area (TPSA) is 78.9 Å². The molecule has 6 heteroatoms. The third-order valence-corrected chi connectivity index (χ3v) is 15.0. The minimum atomic E-state index is -0.794. The monoisotopic (exact) mass is 1130 g/mol. The second-order valence-electron chi connectivity index (χ2n) is 23.1. The summed E-state index contributed by atoms with van der Waals surface area (Å²) in [5, 5.41) is 0. The van der Waals surface area contributed by atoms with Gasteiger partial charge >= 0.3 is 17.9 Å². The minimum absolute atomic E-state index is 0.0880. The summed E-state index contributed by atoms with van der Waals surface area (Å²) in [6.45, 7) is 6.49. The zero-order valence-corrected chi connectivity index (χ0v) is 53.5. The Morgan fingerprint density at radius 2 is 0.481 bits per heavy atom. The molecule has 0 spiro atoms. The first-order valence-electron chi connectivity index (χ1n) is 34.7. The molecule has 0 aromatic rings. The van der Waals surface area contributed by atoms with Gasteiger partial charge in [0.15, 0.2) is 6.10 Å². The van der Waals surface area contributed by atoms with Crippen molar-refractivity contribution in [1.29, 1.82) is 0 Å². The highest BCUT2D eigenvalue weighted by Crippen LogP contribution is 2.17. The summed E-state index contributed by atoms with van der Waals surface area (Å²) in [5.41, 5.74) is 0. The quantitative estimate of drug-likeness (QED) is 0.0261. The number of carbonyl (C=O) groups excluding carboxylic acids is 3. The summed E-state index contributed by atoms with van der Waals surface area (Å²) < 4.78 is 16.9. The highest BCUT2D eigenvalue weighted by Gasteiger charge is 2.19. The first kappa shape index (κ1) is 77.3. The van der Waals surface area contributed by atoms with Crippen molar-refractivity contribution in [2.45, 2.75) is 348 Å². The van der Waals surface area contributed by atoms with Crippen LogP contribution in [0.5, 0.6) is 0 Å². The van der Waals surface area contributed by atoms with E-state index in [0.29, 0.717) is 19.3 Å². The van der Waals surface area contributed by atoms with E-state index in [2.05, 4.69) is 118 Å². The zero-order valence-electron chi connectivity index (χ0n) is 53.5. The van der Waals surface area contributed by atoms with E-state index < -0.39 is 6.10 Å². The summed E-state index contributed by atoms with van der Waals surface area (Å²) >= 11 is 0. The largest absolute Gasteiger partial charge is 0.462 e. The molecule has 0 N–H and O–H groups in total. The van der Waals surface area contributed by atoms with Crippen LogP contribution in [0.15, 0.2) is 97.2 Å². The Balaban J connectivity index is 4.18. The maximum Gasteiger partial charge on any atom is 0.306 e. The summed E-state index contributed by atoms with van der Waals surface area (Å²) in [4.78, 5) is 38.3. The van der Waals surface area contributed by atoms with Gasteiger partial charge in [-0.3, -0.25) is 14.4 Å². The van der Waals surface area contributed by atoms with Crippen LogP contribution >= 0.6 is 0 Å². The molecule has 0 saturated carbocycles. The van der Waals surface area contributed by atoms with Gasteiger partial charge in [-0.05, 0) is 122 Å². The fourth-order valence-electron chi connectivity index (χ4n) is 9.85. The highest BCUT2D eigenvalue weighted by atomic mass is 16.6. The summed E-state index contributed by atoms with van der Waals surface area (Å²) in [6, 6.07) is 0. The van der Waals surface area contributed by atoms with E-state index in [1.165, 1.54) is 193 Å². The molecule has 466 valence electrons. The molecule has 0 aliphatic rings. The van der Waals surface area contributed by atoms with Crippen molar-refractivity contribution in [2.24, 2.45) is 0 Å². The third-order valence-electron chi connectivity index (χ3n) is 15.0. The van der Waals surface area contributed by atoms with Gasteiger partial charge in [-0.15, -0.1) is 0 Å². The van der Waals surface area contributed by atoms with Gasteiger partial charge in [0, 0.05) is 19.3 Å². The van der Waals surface area contributed by atoms with Crippen molar-refractivity contribution in [3.05, 3.63) is 97.2 Å². The van der Waals surface area contributed by atoms with Gasteiger partial charge in [-0.25, -0.2) is 0 Å². The van der Waals surface area contributed by atoms with Crippen LogP contribution in [0, 0.1) is 0 Å². The molecule has 0 radical (unpaired) electrons. The number of unbranched alkanes of at least 4 members (excludes halogenated alkanes) is 36. The molecule has 0 amide bonds. The van der Waals surface area contributed by atoms with E-state index in [-0.39, 0.29) is 31.1 Å². The molecule has 81 heavy (non-hydrogen) atoms. The predicted octanol–water partition coefficient (Wildman–Crippen LogP) is 24.0. The fraction of sp³-hybridized carbons (Fsp3) is 0.747. The molecule has 6 nitrogen and oxygen atoms in total. The second-order valence-corrected chi connectivity index (χ2v) is 23.1. The Morgan fingerprint density at radius 1 is 0.259 bits per heavy atom. The van der Waals surface area contributed by atoms with Crippen LogP contribution in [0.2, 0.25) is 0 Å². The van der Waals surface area contributed by atoms with E-state index >= 15 is 0 Å². The summed E-state index contributed by atoms with van der Waals surface area (Å²) in [5.74, 6) is -0.914. The van der Waals surface area contributed by atoms with Crippen molar-refractivity contribution >= 4 is 17.9 Å². The number of rotatable bonds is 63. The summed E-state index contributed by atoms with van der Waals surface area (Å²) in [7, 11) is 0. The van der Waals surface area contributed by atoms with Crippen LogP contribution in [0.4, 0.5) is 0 Å². The minimum Gasteiger partial charge on any atom is -0.462 e. The van der Waals surface area contributed by atoms with Crippen molar-refractivity contribution in [3.8, 4) is 0 Å². The molecule has 0 rings (SSSR count). The van der Waals surface area contributed by atoms with Crippen LogP contribution in [0.1, 0.15) is 342 Å². The van der Waals surface area contributed by atoms with Gasteiger partial charge in [0.1, 0.15) is 13.2 Å². The van der Waals surface area contributed by atoms with Crippen LogP contribution in [-0.2, 0) is 28.6 Å². The molecule has 1 atom stereocenters. The molecule has 0 aromatic heterocycles. The third kappa shape index (κ3) is 67.0. The molecule has 0 aromatic carbocycles. The van der Waals surface area contributed by atoms with Crippen molar-refractivity contribution in [3.63, 3.8) is 0 Å². The standard InChI is InChI=1S/C75H130O6/c1-4-7-10-13-16-19-22-25-27-29-30-31-32-33-34-35-36-37-38-39-40-41-42-43-44-46-47-50-53-56-59-62-65-68-74(77)80-71-72(70-79-73(76)67-64-61-58-55-52-49-24-21-18-15-12-9-6-3)81-75(78)69-66-63-60-57-54-51-48-45-28-26-23-20-17-14-11-8-5-2/h9,12,17-18,20-22,25-26,28-30,32-33,49,52,72H,4-8,10-11,13-16,19,23-24,27,31,34-48,50-51,53-71H2,1-3H3/b12-9-,20-17-,21-18-,25-22-,28-26-,30-29-,33-32-,52-49-. The SMILES string of the molecule is CC/C=C\C/C=C\C/C=C\CCCCCC(=O)OCC(COC(=O)CCCCCCCCCCCCCCCCCCCC/C=C\C/C=C\C/C=C\CCCCCCC)OC(=O)CCCCCCCCC/C=C\C/C=C\CCCCC. The van der Waals surface area contributed by atoms with Crippen LogP contribution < -0.4 is 0 Å². The molecule has 0 bridgehead atoms. The average molecular weight is 1130 g/mol. The number of hydrogen-bond acceptors (Lipinski definition) is 6. The van der Waals surface area contributed by atoms with Gasteiger partial charge < -0.3 is 14.2 Å². The fourth-order valence-corrected chi connectivity index (χ4v) is 9.85. The lowest BCUT2D eigenvalue weighted by Gasteiger charge is -2.18. The van der Waals surface area contributed by atoms with E-state index in [9.17, 15) is 14.4 Å². The number of allylic oxidation sites excluding steroid dienone is 16. The Morgan fingerprint density at radius 3 is 0.790 bits per heavy atom. The number of hydrogen-bond donors (Lipinski definition) is 0. The van der Waals surface area contributed by atoms with E-state index in [1.807, 2.05) is 0 Å². The first-order valence-corrected chi connectivity index (χ1v) is 34.7. The number of esters is 3. The van der Waals surface area contributed by atoms with Crippen LogP contribution in [0.25, 0.3) is 0 Å². The average Bonchev–Trinajstić information content (AvgIpc) is 3.46. The molecular formula is C75H130O6. The Hall–Kier alpha value is -3.67.